The Morgan fingerprint density at radius 3 is 2.59 bits per heavy atom. The minimum Gasteiger partial charge on any atom is -0.359 e. The van der Waals surface area contributed by atoms with Gasteiger partial charge in [0.25, 0.3) is 5.91 Å². The van der Waals surface area contributed by atoms with Crippen molar-refractivity contribution in [1.82, 2.24) is 15.1 Å². The van der Waals surface area contributed by atoms with E-state index in [0.717, 1.165) is 28.2 Å². The maximum atomic E-state index is 12.6. The molecule has 34 heavy (non-hydrogen) atoms. The second kappa shape index (κ2) is 8.43. The van der Waals surface area contributed by atoms with Crippen molar-refractivity contribution in [3.63, 3.8) is 0 Å². The molecule has 2 aromatic carbocycles. The van der Waals surface area contributed by atoms with E-state index in [4.69, 9.17) is 9.51 Å². The molecule has 0 radical (unpaired) electrons. The summed E-state index contributed by atoms with van der Waals surface area (Å²) in [5.41, 5.74) is 5.61. The van der Waals surface area contributed by atoms with Crippen molar-refractivity contribution in [3.05, 3.63) is 77.3 Å². The topological polar surface area (TPSA) is 113 Å². The molecule has 0 fully saturated rings. The third-order valence-corrected chi connectivity index (χ3v) is 5.78. The Kier molecular flexibility index (Phi) is 5.29. The van der Waals surface area contributed by atoms with E-state index in [1.165, 1.54) is 0 Å². The predicted molar refractivity (Wildman–Crippen MR) is 128 cm³/mol. The van der Waals surface area contributed by atoms with E-state index in [1.54, 1.807) is 56.3 Å². The van der Waals surface area contributed by atoms with Crippen LogP contribution in [-0.4, -0.2) is 34.0 Å². The van der Waals surface area contributed by atoms with Crippen LogP contribution in [0.3, 0.4) is 0 Å². The summed E-state index contributed by atoms with van der Waals surface area (Å²) in [5.74, 6) is 0.686. The summed E-state index contributed by atoms with van der Waals surface area (Å²) < 4.78 is 5.09. The van der Waals surface area contributed by atoms with Crippen LogP contribution in [0.15, 0.2) is 59.3 Å². The summed E-state index contributed by atoms with van der Waals surface area (Å²) in [6.45, 7) is 3.52. The van der Waals surface area contributed by atoms with Gasteiger partial charge in [-0.15, -0.1) is 0 Å². The molecule has 0 aliphatic carbocycles. The maximum absolute atomic E-state index is 12.6. The molecule has 2 amide bonds. The SMILES string of the molecule is Cc1noc(C)c1NC(=O)c1ccc(Nc2ncc3c(n2)-c2ccccc2N(C)C(=O)C3)cc1. The Balaban J connectivity index is 1.38. The zero-order valence-electron chi connectivity index (χ0n) is 18.9. The third-order valence-electron chi connectivity index (χ3n) is 5.78. The molecular weight excluding hydrogens is 432 g/mol. The highest BCUT2D eigenvalue weighted by molar-refractivity contribution is 6.05. The third kappa shape index (κ3) is 3.88. The van der Waals surface area contributed by atoms with Crippen molar-refractivity contribution < 1.29 is 14.1 Å². The van der Waals surface area contributed by atoms with Crippen molar-refractivity contribution in [3.8, 4) is 11.3 Å². The smallest absolute Gasteiger partial charge is 0.255 e. The molecule has 0 bridgehead atoms. The largest absolute Gasteiger partial charge is 0.359 e. The van der Waals surface area contributed by atoms with Gasteiger partial charge in [-0.05, 0) is 44.2 Å². The van der Waals surface area contributed by atoms with Gasteiger partial charge in [0.2, 0.25) is 11.9 Å². The highest BCUT2D eigenvalue weighted by Crippen LogP contribution is 2.35. The Morgan fingerprint density at radius 2 is 1.85 bits per heavy atom. The first kappa shape index (κ1) is 21.3. The number of rotatable bonds is 4. The average Bonchev–Trinajstić information content (AvgIpc) is 3.11. The van der Waals surface area contributed by atoms with Gasteiger partial charge in [-0.25, -0.2) is 9.97 Å². The number of nitrogens with zero attached hydrogens (tertiary/aromatic N) is 4. The van der Waals surface area contributed by atoms with E-state index >= 15 is 0 Å². The van der Waals surface area contributed by atoms with Crippen LogP contribution < -0.4 is 15.5 Å². The highest BCUT2D eigenvalue weighted by Gasteiger charge is 2.24. The van der Waals surface area contributed by atoms with Crippen molar-refractivity contribution >= 4 is 34.8 Å². The quantitative estimate of drug-likeness (QED) is 0.474. The molecule has 0 atom stereocenters. The van der Waals surface area contributed by atoms with Crippen molar-refractivity contribution in [1.29, 1.82) is 0 Å². The molecule has 9 heteroatoms. The molecule has 2 aromatic heterocycles. The number of para-hydroxylation sites is 1. The molecule has 1 aliphatic rings. The Hall–Kier alpha value is -4.53. The fourth-order valence-corrected chi connectivity index (χ4v) is 3.89. The zero-order valence-corrected chi connectivity index (χ0v) is 18.9. The molecular formula is C25H22N6O3. The summed E-state index contributed by atoms with van der Waals surface area (Å²) in [7, 11) is 1.77. The highest BCUT2D eigenvalue weighted by atomic mass is 16.5. The van der Waals surface area contributed by atoms with Crippen LogP contribution in [0.5, 0.6) is 0 Å². The number of anilines is 4. The van der Waals surface area contributed by atoms with E-state index in [1.807, 2.05) is 24.3 Å². The molecule has 0 saturated carbocycles. The van der Waals surface area contributed by atoms with Gasteiger partial charge in [0.15, 0.2) is 5.76 Å². The van der Waals surface area contributed by atoms with Gasteiger partial charge in [0.05, 0.1) is 17.8 Å². The van der Waals surface area contributed by atoms with Gasteiger partial charge in [0.1, 0.15) is 11.4 Å². The number of benzene rings is 2. The molecule has 4 aromatic rings. The number of fused-ring (bicyclic) bond motifs is 3. The van der Waals surface area contributed by atoms with E-state index in [-0.39, 0.29) is 18.2 Å². The predicted octanol–water partition coefficient (Wildman–Crippen LogP) is 4.26. The zero-order chi connectivity index (χ0) is 23.8. The lowest BCUT2D eigenvalue weighted by Gasteiger charge is -2.16. The number of aromatic nitrogens is 3. The Bertz CT molecular complexity index is 1390. The number of nitrogens with one attached hydrogen (secondary N) is 2. The van der Waals surface area contributed by atoms with E-state index in [9.17, 15) is 9.59 Å². The molecule has 0 spiro atoms. The summed E-state index contributed by atoms with van der Waals surface area (Å²) in [6, 6.07) is 14.7. The molecule has 170 valence electrons. The summed E-state index contributed by atoms with van der Waals surface area (Å²) in [5, 5.41) is 9.86. The lowest BCUT2D eigenvalue weighted by molar-refractivity contribution is -0.117. The molecule has 5 rings (SSSR count). The molecule has 3 heterocycles. The fourth-order valence-electron chi connectivity index (χ4n) is 3.89. The molecule has 2 N–H and O–H groups in total. The standard InChI is InChI=1S/C25H22N6O3/c1-14-22(15(2)34-30-14)28-24(33)16-8-10-18(11-9-16)27-25-26-13-17-12-21(32)31(3)20-7-5-4-6-19(20)23(17)29-25/h4-11,13H,12H2,1-3H3,(H,28,33)(H,26,27,29). The Morgan fingerprint density at radius 1 is 1.09 bits per heavy atom. The number of hydrogen-bond acceptors (Lipinski definition) is 7. The van der Waals surface area contributed by atoms with Gasteiger partial charge >= 0.3 is 0 Å². The minimum absolute atomic E-state index is 0.0130. The lowest BCUT2D eigenvalue weighted by atomic mass is 10.1. The summed E-state index contributed by atoms with van der Waals surface area (Å²) in [4.78, 5) is 35.9. The van der Waals surface area contributed by atoms with Crippen LogP contribution in [0.1, 0.15) is 27.4 Å². The van der Waals surface area contributed by atoms with E-state index in [0.29, 0.717) is 28.7 Å². The molecule has 1 aliphatic heterocycles. The second-order valence-electron chi connectivity index (χ2n) is 8.07. The van der Waals surface area contributed by atoms with E-state index in [2.05, 4.69) is 20.8 Å². The molecule has 9 nitrogen and oxygen atoms in total. The average molecular weight is 454 g/mol. The first-order valence-electron chi connectivity index (χ1n) is 10.7. The second-order valence-corrected chi connectivity index (χ2v) is 8.07. The summed E-state index contributed by atoms with van der Waals surface area (Å²) >= 11 is 0. The van der Waals surface area contributed by atoms with Gasteiger partial charge in [-0.3, -0.25) is 9.59 Å². The first-order valence-corrected chi connectivity index (χ1v) is 10.7. The molecule has 0 unspecified atom stereocenters. The van der Waals surface area contributed by atoms with Crippen LogP contribution in [0.25, 0.3) is 11.3 Å². The van der Waals surface area contributed by atoms with Crippen LogP contribution in [0.2, 0.25) is 0 Å². The van der Waals surface area contributed by atoms with Crippen LogP contribution in [0, 0.1) is 13.8 Å². The van der Waals surface area contributed by atoms with Crippen LogP contribution in [0.4, 0.5) is 23.0 Å². The van der Waals surface area contributed by atoms with Crippen molar-refractivity contribution in [2.45, 2.75) is 20.3 Å². The van der Waals surface area contributed by atoms with E-state index < -0.39 is 0 Å². The monoisotopic (exact) mass is 454 g/mol. The van der Waals surface area contributed by atoms with Crippen LogP contribution in [-0.2, 0) is 11.2 Å². The number of amides is 2. The van der Waals surface area contributed by atoms with Crippen molar-refractivity contribution in [2.24, 2.45) is 0 Å². The normalized spacial score (nSPS) is 12.6. The Labute approximate surface area is 195 Å². The number of aryl methyl sites for hydroxylation is 2. The van der Waals surface area contributed by atoms with Gasteiger partial charge < -0.3 is 20.1 Å². The van der Waals surface area contributed by atoms with Gasteiger partial charge in [-0.2, -0.15) is 0 Å². The molecule has 0 saturated heterocycles. The number of likely N-dealkylation sites (N-methyl/N-ethyl adjacent to an activating group) is 1. The van der Waals surface area contributed by atoms with Gasteiger partial charge in [0, 0.05) is 35.6 Å². The van der Waals surface area contributed by atoms with Crippen molar-refractivity contribution in [2.75, 3.05) is 22.6 Å². The number of carbonyl (C=O) groups excluding carboxylic acids is 2. The number of carbonyl (C=O) groups is 2. The number of hydrogen-bond donors (Lipinski definition) is 2. The minimum atomic E-state index is -0.257. The maximum Gasteiger partial charge on any atom is 0.255 e. The summed E-state index contributed by atoms with van der Waals surface area (Å²) in [6.07, 6.45) is 1.92. The van der Waals surface area contributed by atoms with Crippen LogP contribution >= 0.6 is 0 Å². The fraction of sp³-hybridized carbons (Fsp3) is 0.160. The van der Waals surface area contributed by atoms with Gasteiger partial charge in [-0.1, -0.05) is 23.4 Å². The lowest BCUT2D eigenvalue weighted by Crippen LogP contribution is -2.26. The first-order chi connectivity index (χ1) is 16.4.